The first-order valence-corrected chi connectivity index (χ1v) is 15.5. The Morgan fingerprint density at radius 1 is 1.00 bits per heavy atom. The van der Waals surface area contributed by atoms with Crippen molar-refractivity contribution in [3.8, 4) is 11.5 Å². The average Bonchev–Trinajstić information content (AvgIpc) is 3.05. The van der Waals surface area contributed by atoms with Gasteiger partial charge in [0.1, 0.15) is 28.6 Å². The Bertz CT molecular complexity index is 1560. The Hall–Kier alpha value is -4.62. The zero-order chi connectivity index (χ0) is 34.2. The Labute approximate surface area is 271 Å². The molecule has 13 heteroatoms. The van der Waals surface area contributed by atoms with Crippen LogP contribution < -0.4 is 25.0 Å². The standard InChI is InChI=1S/C33H36FN3O8S/c1-19(2)29(33(42)43)36-27(39)16-35-28(40)17-45-25-14-6-21(7-15-25)30-31(32(41)37(30)23-10-8-22(34)9-11-23)46-18-26(38)20-4-12-24(44-3)13-5-20/h4-15,19,26,29-31,38H,16-18H2,1-3H3,(H,35,40)(H,36,39)(H,42,43)/t26?,29-,30+,31+/m0/s1/i/hD. The number of β-lactam (4-membered cyclic amide) rings is 1. The number of aliphatic hydroxyl groups excluding tert-OH is 1. The minimum Gasteiger partial charge on any atom is -0.497 e. The molecule has 1 aliphatic heterocycles. The van der Waals surface area contributed by atoms with Crippen molar-refractivity contribution in [1.82, 2.24) is 10.6 Å². The lowest BCUT2D eigenvalue weighted by Crippen LogP contribution is -2.57. The summed E-state index contributed by atoms with van der Waals surface area (Å²) in [5, 5.41) is 22.2. The molecule has 1 heterocycles. The molecule has 3 aromatic carbocycles. The number of carbonyl (C=O) groups is 4. The van der Waals surface area contributed by atoms with Crippen LogP contribution in [-0.2, 0) is 19.2 Å². The largest absolute Gasteiger partial charge is 0.497 e. The summed E-state index contributed by atoms with van der Waals surface area (Å²) in [6.07, 6.45) is -0.830. The summed E-state index contributed by atoms with van der Waals surface area (Å²) in [5.74, 6) is -2.64. The molecular weight excluding hydrogens is 617 g/mol. The normalized spacial score (nSPS) is 17.4. The van der Waals surface area contributed by atoms with Crippen LogP contribution in [0.2, 0.25) is 1.41 Å². The van der Waals surface area contributed by atoms with Gasteiger partial charge in [0, 0.05) is 11.4 Å². The van der Waals surface area contributed by atoms with E-state index in [1.54, 1.807) is 74.4 Å². The van der Waals surface area contributed by atoms with Gasteiger partial charge >= 0.3 is 5.97 Å². The molecule has 3 amide bonds. The van der Waals surface area contributed by atoms with Crippen LogP contribution in [0.25, 0.3) is 0 Å². The third kappa shape index (κ3) is 8.55. The monoisotopic (exact) mass is 654 g/mol. The van der Waals surface area contributed by atoms with Crippen LogP contribution in [0.3, 0.4) is 0 Å². The highest BCUT2D eigenvalue weighted by molar-refractivity contribution is 8.00. The number of carboxylic acid groups (broad SMARTS) is 1. The summed E-state index contributed by atoms with van der Waals surface area (Å²) in [4.78, 5) is 50.8. The molecule has 0 spiro atoms. The van der Waals surface area contributed by atoms with Gasteiger partial charge in [-0.2, -0.15) is 0 Å². The van der Waals surface area contributed by atoms with Gasteiger partial charge in [0.05, 0.1) is 25.8 Å². The molecule has 1 unspecified atom stereocenters. The number of hydrogen-bond acceptors (Lipinski definition) is 8. The van der Waals surface area contributed by atoms with E-state index < -0.39 is 66.1 Å². The van der Waals surface area contributed by atoms with Crippen LogP contribution in [0.15, 0.2) is 72.8 Å². The number of nitrogens with zero attached hydrogens (tertiary/aromatic N) is 1. The summed E-state index contributed by atoms with van der Waals surface area (Å²) >= 11 is 1.31. The van der Waals surface area contributed by atoms with Crippen molar-refractivity contribution >= 4 is 41.1 Å². The number of nitrogens with one attached hydrogen (secondary N) is 2. The van der Waals surface area contributed by atoms with E-state index in [-0.39, 0.29) is 11.7 Å². The fourth-order valence-corrected chi connectivity index (χ4v) is 6.10. The summed E-state index contributed by atoms with van der Waals surface area (Å²) in [6, 6.07) is 17.7. The number of halogens is 1. The highest BCUT2D eigenvalue weighted by atomic mass is 32.2. The summed E-state index contributed by atoms with van der Waals surface area (Å²) in [7, 11) is 1.55. The number of benzene rings is 3. The summed E-state index contributed by atoms with van der Waals surface area (Å²) in [5.41, 5.74) is 1.93. The van der Waals surface area contributed by atoms with Crippen molar-refractivity contribution in [1.29, 1.82) is 0 Å². The van der Waals surface area contributed by atoms with Gasteiger partial charge in [-0.1, -0.05) is 38.1 Å². The van der Waals surface area contributed by atoms with Gasteiger partial charge in [-0.05, 0) is 65.6 Å². The topological polar surface area (TPSA) is 154 Å². The van der Waals surface area contributed by atoms with Crippen LogP contribution in [0.1, 0.15) is 37.1 Å². The maximum Gasteiger partial charge on any atom is 0.326 e. The minimum absolute atomic E-state index is 0.192. The molecule has 0 bridgehead atoms. The second-order valence-electron chi connectivity index (χ2n) is 10.9. The number of thioether (sulfide) groups is 1. The van der Waals surface area contributed by atoms with Gasteiger partial charge in [-0.25, -0.2) is 9.18 Å². The molecule has 4 atom stereocenters. The van der Waals surface area contributed by atoms with E-state index in [9.17, 15) is 33.8 Å². The van der Waals surface area contributed by atoms with Crippen molar-refractivity contribution in [2.24, 2.45) is 5.92 Å². The van der Waals surface area contributed by atoms with E-state index in [1.165, 1.54) is 36.0 Å². The molecule has 0 aliphatic carbocycles. The van der Waals surface area contributed by atoms with Crippen molar-refractivity contribution in [3.63, 3.8) is 0 Å². The Balaban J connectivity index is 1.40. The number of hydrogen-bond donors (Lipinski definition) is 4. The number of anilines is 1. The lowest BCUT2D eigenvalue weighted by Gasteiger charge is -2.47. The van der Waals surface area contributed by atoms with Gasteiger partial charge in [-0.3, -0.25) is 14.4 Å². The SMILES string of the molecule is [2H]N(CC(=O)N[C@H](C(=O)O)C(C)C)C(=O)COc1ccc([C@@H]2[C@@H](SCC(O)c3ccc(OC)cc3)C(=O)N2c2ccc(F)cc2)cc1. The second-order valence-corrected chi connectivity index (χ2v) is 12.0. The van der Waals surface area contributed by atoms with Gasteiger partial charge in [0.15, 0.2) is 8.02 Å². The molecule has 11 nitrogen and oxygen atoms in total. The van der Waals surface area contributed by atoms with Gasteiger partial charge in [0.2, 0.25) is 11.8 Å². The summed E-state index contributed by atoms with van der Waals surface area (Å²) < 4.78 is 32.2. The molecule has 0 radical (unpaired) electrons. The first-order chi connectivity index (χ1) is 22.4. The van der Waals surface area contributed by atoms with Gasteiger partial charge < -0.3 is 35.2 Å². The molecule has 1 saturated heterocycles. The number of aliphatic carboxylic acids is 1. The van der Waals surface area contributed by atoms with E-state index in [0.717, 1.165) is 5.56 Å². The van der Waals surface area contributed by atoms with Crippen molar-refractivity contribution in [2.75, 3.05) is 30.9 Å². The Morgan fingerprint density at radius 3 is 2.22 bits per heavy atom. The Kier molecular flexibility index (Phi) is 11.1. The lowest BCUT2D eigenvalue weighted by atomic mass is 9.92. The lowest BCUT2D eigenvalue weighted by molar-refractivity contribution is -0.143. The molecule has 1 fully saturated rings. The number of carbonyl (C=O) groups excluding carboxylic acids is 3. The van der Waals surface area contributed by atoms with E-state index in [4.69, 9.17) is 10.9 Å². The minimum atomic E-state index is -1.22. The van der Waals surface area contributed by atoms with Crippen LogP contribution >= 0.6 is 11.8 Å². The molecular formula is C33H36FN3O8S. The smallest absolute Gasteiger partial charge is 0.326 e. The van der Waals surface area contributed by atoms with Crippen molar-refractivity contribution in [3.05, 3.63) is 89.7 Å². The van der Waals surface area contributed by atoms with E-state index in [1.807, 2.05) is 0 Å². The molecule has 0 aromatic heterocycles. The van der Waals surface area contributed by atoms with Crippen LogP contribution in [0.5, 0.6) is 11.5 Å². The fraction of sp³-hybridized carbons (Fsp3) is 0.333. The summed E-state index contributed by atoms with van der Waals surface area (Å²) in [6.45, 7) is 2.03. The van der Waals surface area contributed by atoms with E-state index in [2.05, 4.69) is 5.32 Å². The van der Waals surface area contributed by atoms with Crippen molar-refractivity contribution < 1.29 is 44.7 Å². The molecule has 4 N–H and O–H groups in total. The average molecular weight is 655 g/mol. The van der Waals surface area contributed by atoms with Crippen LogP contribution in [-0.4, -0.2) is 71.2 Å². The highest BCUT2D eigenvalue weighted by Gasteiger charge is 2.49. The van der Waals surface area contributed by atoms with Gasteiger partial charge in [-0.15, -0.1) is 11.8 Å². The predicted octanol–water partition coefficient (Wildman–Crippen LogP) is 3.48. The van der Waals surface area contributed by atoms with E-state index >= 15 is 0 Å². The van der Waals surface area contributed by atoms with Gasteiger partial charge in [0.25, 0.3) is 5.91 Å². The third-order valence-electron chi connectivity index (χ3n) is 7.32. The van der Waals surface area contributed by atoms with Crippen LogP contribution in [0, 0.1) is 11.7 Å². The number of rotatable bonds is 15. The molecule has 4 rings (SSSR count). The van der Waals surface area contributed by atoms with E-state index in [0.29, 0.717) is 28.1 Å². The zero-order valence-electron chi connectivity index (χ0n) is 26.5. The maximum absolute atomic E-state index is 13.6. The number of amides is 3. The second kappa shape index (κ2) is 15.6. The number of carboxylic acids is 1. The predicted molar refractivity (Wildman–Crippen MR) is 170 cm³/mol. The quantitative estimate of drug-likeness (QED) is 0.180. The fourth-order valence-electron chi connectivity index (χ4n) is 4.80. The Morgan fingerprint density at radius 2 is 1.63 bits per heavy atom. The first-order valence-electron chi connectivity index (χ1n) is 14.9. The number of ether oxygens (including phenoxy) is 2. The van der Waals surface area contributed by atoms with Crippen molar-refractivity contribution in [2.45, 2.75) is 37.3 Å². The number of methoxy groups -OCH3 is 1. The molecule has 0 saturated carbocycles. The molecule has 3 aromatic rings. The maximum atomic E-state index is 13.6. The molecule has 46 heavy (non-hydrogen) atoms. The third-order valence-corrected chi connectivity index (χ3v) is 8.64. The molecule has 244 valence electrons. The van der Waals surface area contributed by atoms with Crippen LogP contribution in [0.4, 0.5) is 10.1 Å². The zero-order valence-corrected chi connectivity index (χ0v) is 26.3. The first kappa shape index (κ1) is 32.8. The molecule has 1 aliphatic rings. The number of aliphatic hydroxyl groups is 1. The highest BCUT2D eigenvalue weighted by Crippen LogP contribution is 2.46.